The molecule has 1 heteroatoms. The molecule has 0 radical (unpaired) electrons. The highest BCUT2D eigenvalue weighted by atomic mass is 16.1. The Morgan fingerprint density at radius 3 is 2.09 bits per heavy atom. The lowest BCUT2D eigenvalue weighted by molar-refractivity contribution is -0.127. The second kappa shape index (κ2) is 2.20. The van der Waals surface area contributed by atoms with Gasteiger partial charge in [-0.05, 0) is 19.3 Å². The van der Waals surface area contributed by atoms with Gasteiger partial charge in [0.05, 0.1) is 0 Å². The van der Waals surface area contributed by atoms with Gasteiger partial charge in [-0.1, -0.05) is 26.0 Å². The van der Waals surface area contributed by atoms with E-state index in [9.17, 15) is 4.79 Å². The molecule has 0 spiro atoms. The van der Waals surface area contributed by atoms with Crippen molar-refractivity contribution < 1.29 is 4.79 Å². The molecule has 0 heterocycles. The predicted molar refractivity (Wildman–Crippen MR) is 46.3 cm³/mol. The van der Waals surface area contributed by atoms with Gasteiger partial charge in [0.1, 0.15) is 5.78 Å². The molecule has 0 aromatic rings. The summed E-state index contributed by atoms with van der Waals surface area (Å²) in [5.74, 6) is 0.352. The molecule has 1 nitrogen and oxygen atoms in total. The Balaban J connectivity index is 2.93. The minimum Gasteiger partial charge on any atom is -0.299 e. The number of allylic oxidation sites excluding steroid dienone is 2. The summed E-state index contributed by atoms with van der Waals surface area (Å²) < 4.78 is 0. The van der Waals surface area contributed by atoms with Crippen molar-refractivity contribution in [3.63, 3.8) is 0 Å². The van der Waals surface area contributed by atoms with Gasteiger partial charge in [-0.3, -0.25) is 4.79 Å². The fourth-order valence-corrected chi connectivity index (χ4v) is 1.23. The first-order valence-electron chi connectivity index (χ1n) is 4.07. The van der Waals surface area contributed by atoms with Crippen LogP contribution < -0.4 is 0 Å². The highest BCUT2D eigenvalue weighted by Crippen LogP contribution is 2.35. The van der Waals surface area contributed by atoms with Crippen molar-refractivity contribution in [1.29, 1.82) is 0 Å². The number of carbonyl (C=O) groups excluding carboxylic acids is 1. The third kappa shape index (κ3) is 1.70. The van der Waals surface area contributed by atoms with Crippen molar-refractivity contribution in [2.45, 2.75) is 34.1 Å². The number of ketones is 1. The molecular weight excluding hydrogens is 136 g/mol. The molecular formula is C10H16O. The van der Waals surface area contributed by atoms with Gasteiger partial charge in [0.2, 0.25) is 0 Å². The van der Waals surface area contributed by atoms with Gasteiger partial charge in [-0.2, -0.15) is 0 Å². The molecule has 11 heavy (non-hydrogen) atoms. The van der Waals surface area contributed by atoms with Gasteiger partial charge in [-0.25, -0.2) is 0 Å². The lowest BCUT2D eigenvalue weighted by atomic mass is 9.72. The van der Waals surface area contributed by atoms with Gasteiger partial charge < -0.3 is 0 Å². The smallest absolute Gasteiger partial charge is 0.143 e. The molecule has 1 aliphatic carbocycles. The van der Waals surface area contributed by atoms with Crippen LogP contribution in [0.2, 0.25) is 0 Å². The van der Waals surface area contributed by atoms with Gasteiger partial charge in [0, 0.05) is 11.8 Å². The SMILES string of the molecule is CC1(C)C=CC(C)(C)C(=O)C1. The number of hydrogen-bond acceptors (Lipinski definition) is 1. The van der Waals surface area contributed by atoms with E-state index in [0.717, 1.165) is 0 Å². The summed E-state index contributed by atoms with van der Waals surface area (Å²) in [5, 5.41) is 0. The summed E-state index contributed by atoms with van der Waals surface area (Å²) in [5.41, 5.74) is -0.151. The maximum absolute atomic E-state index is 11.5. The molecule has 0 atom stereocenters. The van der Waals surface area contributed by atoms with E-state index in [-0.39, 0.29) is 10.8 Å². The summed E-state index contributed by atoms with van der Waals surface area (Å²) >= 11 is 0. The Morgan fingerprint density at radius 2 is 1.73 bits per heavy atom. The van der Waals surface area contributed by atoms with Crippen molar-refractivity contribution >= 4 is 5.78 Å². The number of hydrogen-bond donors (Lipinski definition) is 0. The van der Waals surface area contributed by atoms with Crippen LogP contribution in [0.5, 0.6) is 0 Å². The monoisotopic (exact) mass is 152 g/mol. The summed E-state index contributed by atoms with van der Waals surface area (Å²) in [7, 11) is 0. The second-order valence-electron chi connectivity index (χ2n) is 4.64. The summed E-state index contributed by atoms with van der Waals surface area (Å²) in [4.78, 5) is 11.5. The quantitative estimate of drug-likeness (QED) is 0.487. The maximum atomic E-state index is 11.5. The van der Waals surface area contributed by atoms with E-state index in [0.29, 0.717) is 12.2 Å². The molecule has 0 N–H and O–H groups in total. The topological polar surface area (TPSA) is 17.1 Å². The fraction of sp³-hybridized carbons (Fsp3) is 0.700. The Labute approximate surface area is 68.5 Å². The average molecular weight is 152 g/mol. The van der Waals surface area contributed by atoms with E-state index in [1.165, 1.54) is 0 Å². The number of Topliss-reactive ketones (excluding diaryl/α,β-unsaturated/α-hetero) is 1. The zero-order chi connectivity index (χ0) is 8.70. The molecule has 0 saturated heterocycles. The van der Waals surface area contributed by atoms with Gasteiger partial charge >= 0.3 is 0 Å². The van der Waals surface area contributed by atoms with Gasteiger partial charge in [0.25, 0.3) is 0 Å². The molecule has 0 fully saturated rings. The third-order valence-electron chi connectivity index (χ3n) is 2.29. The molecule has 0 aromatic carbocycles. The lowest BCUT2D eigenvalue weighted by Gasteiger charge is -2.31. The number of rotatable bonds is 0. The first-order valence-corrected chi connectivity index (χ1v) is 4.07. The highest BCUT2D eigenvalue weighted by Gasteiger charge is 2.33. The fourth-order valence-electron chi connectivity index (χ4n) is 1.23. The zero-order valence-electron chi connectivity index (χ0n) is 7.77. The largest absolute Gasteiger partial charge is 0.299 e. The van der Waals surface area contributed by atoms with Crippen molar-refractivity contribution in [3.8, 4) is 0 Å². The van der Waals surface area contributed by atoms with Crippen molar-refractivity contribution in [2.24, 2.45) is 10.8 Å². The van der Waals surface area contributed by atoms with Gasteiger partial charge in [-0.15, -0.1) is 0 Å². The van der Waals surface area contributed by atoms with Crippen LogP contribution in [0.4, 0.5) is 0 Å². The van der Waals surface area contributed by atoms with Gasteiger partial charge in [0.15, 0.2) is 0 Å². The minimum atomic E-state index is -0.227. The van der Waals surface area contributed by atoms with Crippen LogP contribution in [0.15, 0.2) is 12.2 Å². The molecule has 0 bridgehead atoms. The molecule has 0 amide bonds. The third-order valence-corrected chi connectivity index (χ3v) is 2.29. The van der Waals surface area contributed by atoms with Crippen LogP contribution in [0.25, 0.3) is 0 Å². The average Bonchev–Trinajstić information content (AvgIpc) is 1.81. The van der Waals surface area contributed by atoms with Crippen LogP contribution in [-0.4, -0.2) is 5.78 Å². The molecule has 62 valence electrons. The van der Waals surface area contributed by atoms with Crippen molar-refractivity contribution in [1.82, 2.24) is 0 Å². The van der Waals surface area contributed by atoms with Crippen molar-refractivity contribution in [2.75, 3.05) is 0 Å². The van der Waals surface area contributed by atoms with E-state index in [1.54, 1.807) is 0 Å². The molecule has 1 rings (SSSR count). The Hall–Kier alpha value is -0.590. The van der Waals surface area contributed by atoms with E-state index in [2.05, 4.69) is 19.9 Å². The lowest BCUT2D eigenvalue weighted by Crippen LogP contribution is -2.31. The second-order valence-corrected chi connectivity index (χ2v) is 4.64. The molecule has 1 aliphatic rings. The van der Waals surface area contributed by atoms with Crippen LogP contribution in [0, 0.1) is 10.8 Å². The summed E-state index contributed by atoms with van der Waals surface area (Å²) in [6.45, 7) is 8.13. The molecule has 0 unspecified atom stereocenters. The Bertz CT molecular complexity index is 209. The van der Waals surface area contributed by atoms with E-state index in [1.807, 2.05) is 19.9 Å². The first-order chi connectivity index (χ1) is 4.83. The Morgan fingerprint density at radius 1 is 1.18 bits per heavy atom. The van der Waals surface area contributed by atoms with Crippen LogP contribution in [-0.2, 0) is 4.79 Å². The zero-order valence-corrected chi connectivity index (χ0v) is 7.77. The number of carbonyl (C=O) groups is 1. The molecule has 0 saturated carbocycles. The van der Waals surface area contributed by atoms with Crippen LogP contribution in [0.3, 0.4) is 0 Å². The van der Waals surface area contributed by atoms with Crippen molar-refractivity contribution in [3.05, 3.63) is 12.2 Å². The van der Waals surface area contributed by atoms with E-state index in [4.69, 9.17) is 0 Å². The highest BCUT2D eigenvalue weighted by molar-refractivity contribution is 5.87. The predicted octanol–water partition coefficient (Wildman–Crippen LogP) is 2.57. The Kier molecular flexibility index (Phi) is 1.70. The molecule has 0 aromatic heterocycles. The maximum Gasteiger partial charge on any atom is 0.143 e. The van der Waals surface area contributed by atoms with E-state index >= 15 is 0 Å². The molecule has 0 aliphatic heterocycles. The van der Waals surface area contributed by atoms with Crippen LogP contribution >= 0.6 is 0 Å². The summed E-state index contributed by atoms with van der Waals surface area (Å²) in [6, 6.07) is 0. The minimum absolute atomic E-state index is 0.0760. The standard InChI is InChI=1S/C10H16O/c1-9(2)5-6-10(3,4)8(11)7-9/h5-6H,7H2,1-4H3. The normalized spacial score (nSPS) is 27.1. The summed E-state index contributed by atoms with van der Waals surface area (Å²) in [6.07, 6.45) is 4.85. The van der Waals surface area contributed by atoms with E-state index < -0.39 is 0 Å². The first kappa shape index (κ1) is 8.51. The van der Waals surface area contributed by atoms with Crippen LogP contribution in [0.1, 0.15) is 34.1 Å².